The molecule has 25 heavy (non-hydrogen) atoms. The van der Waals surface area contributed by atoms with Crippen molar-refractivity contribution in [1.29, 1.82) is 0 Å². The Morgan fingerprint density at radius 1 is 1.36 bits per heavy atom. The predicted molar refractivity (Wildman–Crippen MR) is 88.6 cm³/mol. The van der Waals surface area contributed by atoms with Gasteiger partial charge in [0.15, 0.2) is 0 Å². The van der Waals surface area contributed by atoms with Crippen molar-refractivity contribution in [2.45, 2.75) is 45.1 Å². The molecule has 2 aliphatic heterocycles. The first-order valence-corrected chi connectivity index (χ1v) is 8.66. The number of rotatable bonds is 4. The molecule has 0 bridgehead atoms. The Morgan fingerprint density at radius 2 is 2.08 bits per heavy atom. The van der Waals surface area contributed by atoms with Crippen LogP contribution in [-0.4, -0.2) is 68.6 Å². The summed E-state index contributed by atoms with van der Waals surface area (Å²) >= 11 is 0. The van der Waals surface area contributed by atoms with Crippen molar-refractivity contribution < 1.29 is 19.5 Å². The average Bonchev–Trinajstić information content (AvgIpc) is 3.21. The van der Waals surface area contributed by atoms with E-state index in [1.54, 1.807) is 12.4 Å². The van der Waals surface area contributed by atoms with Crippen molar-refractivity contribution >= 4 is 17.8 Å². The lowest BCUT2D eigenvalue weighted by Crippen LogP contribution is -2.44. The largest absolute Gasteiger partial charge is 0.480 e. The first kappa shape index (κ1) is 17.4. The highest BCUT2D eigenvalue weighted by atomic mass is 16.4. The van der Waals surface area contributed by atoms with Crippen LogP contribution in [0.3, 0.4) is 0 Å². The maximum Gasteiger partial charge on any atom is 0.326 e. The SMILES string of the molecule is CC(=O)N1CC2(CCN(C(=O)CCc3cn[nH]c3)CC2)C[C@H]1C(=O)O. The summed E-state index contributed by atoms with van der Waals surface area (Å²) in [5.41, 5.74) is 0.842. The summed E-state index contributed by atoms with van der Waals surface area (Å²) < 4.78 is 0. The maximum absolute atomic E-state index is 12.4. The first-order chi connectivity index (χ1) is 11.9. The van der Waals surface area contributed by atoms with Crippen molar-refractivity contribution in [3.63, 3.8) is 0 Å². The summed E-state index contributed by atoms with van der Waals surface area (Å²) in [7, 11) is 0. The minimum atomic E-state index is -0.939. The number of carbonyl (C=O) groups excluding carboxylic acids is 2. The molecule has 0 aromatic carbocycles. The molecule has 0 aliphatic carbocycles. The van der Waals surface area contributed by atoms with Crippen LogP contribution in [-0.2, 0) is 20.8 Å². The van der Waals surface area contributed by atoms with Crippen LogP contribution in [0.1, 0.15) is 38.2 Å². The summed E-state index contributed by atoms with van der Waals surface area (Å²) in [6.45, 7) is 3.16. The molecule has 2 fully saturated rings. The summed E-state index contributed by atoms with van der Waals surface area (Å²) in [6, 6.07) is -0.735. The topological polar surface area (TPSA) is 107 Å². The van der Waals surface area contributed by atoms with Crippen LogP contribution in [0.2, 0.25) is 0 Å². The van der Waals surface area contributed by atoms with E-state index >= 15 is 0 Å². The molecule has 0 saturated carbocycles. The van der Waals surface area contributed by atoms with Crippen molar-refractivity contribution in [1.82, 2.24) is 20.0 Å². The number of hydrogen-bond donors (Lipinski definition) is 2. The fourth-order valence-corrected chi connectivity index (χ4v) is 4.02. The average molecular weight is 348 g/mol. The molecule has 2 aliphatic rings. The summed E-state index contributed by atoms with van der Waals surface area (Å²) in [5.74, 6) is -1.01. The second-order valence-electron chi connectivity index (χ2n) is 7.19. The summed E-state index contributed by atoms with van der Waals surface area (Å²) in [4.78, 5) is 38.9. The van der Waals surface area contributed by atoms with Crippen LogP contribution >= 0.6 is 0 Å². The normalized spacial score (nSPS) is 22.4. The van der Waals surface area contributed by atoms with Crippen LogP contribution in [0, 0.1) is 5.41 Å². The third-order valence-corrected chi connectivity index (χ3v) is 5.56. The lowest BCUT2D eigenvalue weighted by molar-refractivity contribution is -0.147. The Labute approximate surface area is 146 Å². The summed E-state index contributed by atoms with van der Waals surface area (Å²) in [5, 5.41) is 16.0. The predicted octanol–water partition coefficient (Wildman–Crippen LogP) is 0.656. The third kappa shape index (κ3) is 3.67. The minimum absolute atomic E-state index is 0.118. The number of carboxylic acids is 1. The molecule has 3 heterocycles. The number of likely N-dealkylation sites (tertiary alicyclic amines) is 2. The molecule has 0 unspecified atom stereocenters. The molecule has 8 heteroatoms. The van der Waals surface area contributed by atoms with E-state index in [1.807, 2.05) is 4.90 Å². The third-order valence-electron chi connectivity index (χ3n) is 5.56. The molecule has 1 aromatic heterocycles. The van der Waals surface area contributed by atoms with Gasteiger partial charge in [-0.05, 0) is 36.7 Å². The van der Waals surface area contributed by atoms with Gasteiger partial charge >= 0.3 is 5.97 Å². The van der Waals surface area contributed by atoms with Crippen LogP contribution in [0.5, 0.6) is 0 Å². The standard InChI is InChI=1S/C17H24N4O4/c1-12(22)21-11-17(8-14(21)16(24)25)4-6-20(7-5-17)15(23)3-2-13-9-18-19-10-13/h9-10,14H,2-8,11H2,1H3,(H,18,19)(H,24,25)/t14-/m0/s1. The van der Waals surface area contributed by atoms with Gasteiger partial charge in [0.05, 0.1) is 6.20 Å². The lowest BCUT2D eigenvalue weighted by atomic mass is 9.76. The number of hydrogen-bond acceptors (Lipinski definition) is 4. The van der Waals surface area contributed by atoms with Gasteiger partial charge in [0, 0.05) is 39.2 Å². The number of aryl methyl sites for hydroxylation is 1. The lowest BCUT2D eigenvalue weighted by Gasteiger charge is -2.39. The number of carbonyl (C=O) groups is 3. The highest BCUT2D eigenvalue weighted by Gasteiger charge is 2.49. The Morgan fingerprint density at radius 3 is 2.60 bits per heavy atom. The molecule has 1 aromatic rings. The van der Waals surface area contributed by atoms with Gasteiger partial charge in [0.2, 0.25) is 11.8 Å². The Hall–Kier alpha value is -2.38. The Balaban J connectivity index is 1.55. The number of nitrogens with zero attached hydrogens (tertiary/aromatic N) is 3. The zero-order valence-electron chi connectivity index (χ0n) is 14.4. The molecule has 2 N–H and O–H groups in total. The number of nitrogens with one attached hydrogen (secondary N) is 1. The molecule has 0 radical (unpaired) electrons. The Kier molecular flexibility index (Phi) is 4.78. The van der Waals surface area contributed by atoms with Gasteiger partial charge in [-0.3, -0.25) is 14.7 Å². The van der Waals surface area contributed by atoms with Crippen molar-refractivity contribution in [3.8, 4) is 0 Å². The van der Waals surface area contributed by atoms with E-state index < -0.39 is 12.0 Å². The number of aliphatic carboxylic acids is 1. The van der Waals surface area contributed by atoms with Crippen LogP contribution < -0.4 is 0 Å². The van der Waals surface area contributed by atoms with E-state index in [0.717, 1.165) is 18.4 Å². The zero-order chi connectivity index (χ0) is 18.0. The number of aromatic amines is 1. The van der Waals surface area contributed by atoms with E-state index in [1.165, 1.54) is 11.8 Å². The molecule has 2 saturated heterocycles. The smallest absolute Gasteiger partial charge is 0.326 e. The number of amides is 2. The van der Waals surface area contributed by atoms with E-state index in [4.69, 9.17) is 0 Å². The quantitative estimate of drug-likeness (QED) is 0.831. The van der Waals surface area contributed by atoms with Crippen molar-refractivity contribution in [3.05, 3.63) is 18.0 Å². The first-order valence-electron chi connectivity index (χ1n) is 8.66. The van der Waals surface area contributed by atoms with E-state index in [-0.39, 0.29) is 17.2 Å². The zero-order valence-corrected chi connectivity index (χ0v) is 14.4. The van der Waals surface area contributed by atoms with Gasteiger partial charge in [0.25, 0.3) is 0 Å². The number of H-pyrrole nitrogens is 1. The monoisotopic (exact) mass is 348 g/mol. The van der Waals surface area contributed by atoms with Gasteiger partial charge in [-0.2, -0.15) is 5.10 Å². The van der Waals surface area contributed by atoms with E-state index in [2.05, 4.69) is 10.2 Å². The Bertz CT molecular complexity index is 626. The molecular weight excluding hydrogens is 324 g/mol. The fourth-order valence-electron chi connectivity index (χ4n) is 4.02. The van der Waals surface area contributed by atoms with Gasteiger partial charge in [-0.25, -0.2) is 4.79 Å². The molecule has 1 atom stereocenters. The molecule has 2 amide bonds. The molecule has 8 nitrogen and oxygen atoms in total. The molecule has 3 rings (SSSR count). The van der Waals surface area contributed by atoms with Gasteiger partial charge in [0.1, 0.15) is 6.04 Å². The van der Waals surface area contributed by atoms with Crippen molar-refractivity contribution in [2.75, 3.05) is 19.6 Å². The second kappa shape index (κ2) is 6.85. The van der Waals surface area contributed by atoms with E-state index in [9.17, 15) is 19.5 Å². The van der Waals surface area contributed by atoms with Crippen LogP contribution in [0.25, 0.3) is 0 Å². The molecule has 1 spiro atoms. The van der Waals surface area contributed by atoms with Crippen molar-refractivity contribution in [2.24, 2.45) is 5.41 Å². The second-order valence-corrected chi connectivity index (χ2v) is 7.19. The van der Waals surface area contributed by atoms with Gasteiger partial charge in [-0.15, -0.1) is 0 Å². The maximum atomic E-state index is 12.4. The fraction of sp³-hybridized carbons (Fsp3) is 0.647. The van der Waals surface area contributed by atoms with E-state index in [0.29, 0.717) is 38.9 Å². The summed E-state index contributed by atoms with van der Waals surface area (Å²) in [6.07, 6.45) is 6.60. The number of aromatic nitrogens is 2. The van der Waals surface area contributed by atoms with Gasteiger partial charge < -0.3 is 14.9 Å². The number of piperidine rings is 1. The van der Waals surface area contributed by atoms with Crippen LogP contribution in [0.4, 0.5) is 0 Å². The van der Waals surface area contributed by atoms with Gasteiger partial charge in [-0.1, -0.05) is 0 Å². The minimum Gasteiger partial charge on any atom is -0.480 e. The number of carboxylic acid groups (broad SMARTS) is 1. The van der Waals surface area contributed by atoms with Crippen LogP contribution in [0.15, 0.2) is 12.4 Å². The highest BCUT2D eigenvalue weighted by Crippen LogP contribution is 2.43. The highest BCUT2D eigenvalue weighted by molar-refractivity contribution is 5.83. The molecule has 136 valence electrons. The molecular formula is C17H24N4O4.